The van der Waals surface area contributed by atoms with Crippen molar-refractivity contribution in [1.29, 1.82) is 0 Å². The summed E-state index contributed by atoms with van der Waals surface area (Å²) < 4.78 is 48.3. The van der Waals surface area contributed by atoms with Crippen LogP contribution in [0.2, 0.25) is 0 Å². The maximum atomic E-state index is 12.5. The Bertz CT molecular complexity index is 630. The number of aromatic nitrogens is 1. The van der Waals surface area contributed by atoms with Gasteiger partial charge in [-0.25, -0.2) is 4.98 Å². The Labute approximate surface area is 132 Å². The van der Waals surface area contributed by atoms with Crippen LogP contribution in [0.5, 0.6) is 11.5 Å². The molecule has 4 nitrogen and oxygen atoms in total. The maximum Gasteiger partial charge on any atom is 0.417 e. The van der Waals surface area contributed by atoms with Crippen LogP contribution in [0.1, 0.15) is 12.5 Å². The predicted molar refractivity (Wildman–Crippen MR) is 80.8 cm³/mol. The zero-order chi connectivity index (χ0) is 16.9. The minimum atomic E-state index is -4.38. The van der Waals surface area contributed by atoms with Crippen molar-refractivity contribution in [3.8, 4) is 11.5 Å². The molecule has 124 valence electrons. The number of nitrogens with zero attached hydrogens (tertiary/aromatic N) is 1. The fraction of sp³-hybridized carbons (Fsp3) is 0.312. The summed E-state index contributed by atoms with van der Waals surface area (Å²) in [5.74, 6) is 1.57. The third kappa shape index (κ3) is 4.77. The van der Waals surface area contributed by atoms with Crippen LogP contribution in [0.25, 0.3) is 0 Å². The lowest BCUT2D eigenvalue weighted by Gasteiger charge is -2.17. The van der Waals surface area contributed by atoms with Crippen molar-refractivity contribution in [1.82, 2.24) is 4.98 Å². The first-order valence-electron chi connectivity index (χ1n) is 6.97. The zero-order valence-electron chi connectivity index (χ0n) is 12.7. The van der Waals surface area contributed by atoms with Crippen molar-refractivity contribution in [2.24, 2.45) is 0 Å². The third-order valence-electron chi connectivity index (χ3n) is 3.06. The van der Waals surface area contributed by atoms with Crippen molar-refractivity contribution in [2.75, 3.05) is 19.0 Å². The molecule has 0 saturated heterocycles. The van der Waals surface area contributed by atoms with E-state index in [9.17, 15) is 13.2 Å². The molecule has 0 amide bonds. The SMILES string of the molecule is COc1ccccc1OC(C)CNc1ccc(C(F)(F)F)cn1. The Morgan fingerprint density at radius 2 is 1.83 bits per heavy atom. The molecule has 1 N–H and O–H groups in total. The number of halogens is 3. The second kappa shape index (κ2) is 7.21. The average molecular weight is 326 g/mol. The summed E-state index contributed by atoms with van der Waals surface area (Å²) in [6.45, 7) is 2.22. The second-order valence-electron chi connectivity index (χ2n) is 4.89. The summed E-state index contributed by atoms with van der Waals surface area (Å²) in [6.07, 6.45) is -3.81. The van der Waals surface area contributed by atoms with Gasteiger partial charge in [0.15, 0.2) is 11.5 Å². The molecule has 1 aromatic heterocycles. The largest absolute Gasteiger partial charge is 0.493 e. The lowest BCUT2D eigenvalue weighted by atomic mass is 10.2. The Balaban J connectivity index is 1.90. The van der Waals surface area contributed by atoms with Gasteiger partial charge in [0, 0.05) is 6.20 Å². The van der Waals surface area contributed by atoms with Crippen molar-refractivity contribution in [3.05, 3.63) is 48.2 Å². The summed E-state index contributed by atoms with van der Waals surface area (Å²) >= 11 is 0. The summed E-state index contributed by atoms with van der Waals surface area (Å²) in [5, 5.41) is 2.94. The van der Waals surface area contributed by atoms with Gasteiger partial charge in [0.2, 0.25) is 0 Å². The van der Waals surface area contributed by atoms with E-state index in [0.29, 0.717) is 23.9 Å². The van der Waals surface area contributed by atoms with Crippen LogP contribution in [0, 0.1) is 0 Å². The lowest BCUT2D eigenvalue weighted by Crippen LogP contribution is -2.23. The van der Waals surface area contributed by atoms with Gasteiger partial charge >= 0.3 is 6.18 Å². The first kappa shape index (κ1) is 16.9. The molecule has 7 heteroatoms. The molecule has 23 heavy (non-hydrogen) atoms. The topological polar surface area (TPSA) is 43.4 Å². The predicted octanol–water partition coefficient (Wildman–Crippen LogP) is 3.99. The van der Waals surface area contributed by atoms with E-state index in [-0.39, 0.29) is 6.10 Å². The van der Waals surface area contributed by atoms with Crippen molar-refractivity contribution < 1.29 is 22.6 Å². The highest BCUT2D eigenvalue weighted by Gasteiger charge is 2.30. The van der Waals surface area contributed by atoms with E-state index < -0.39 is 11.7 Å². The molecule has 2 rings (SSSR count). The summed E-state index contributed by atoms with van der Waals surface area (Å²) in [6, 6.07) is 9.51. The molecular formula is C16H17F3N2O2. The van der Waals surface area contributed by atoms with E-state index in [4.69, 9.17) is 9.47 Å². The quantitative estimate of drug-likeness (QED) is 0.872. The van der Waals surface area contributed by atoms with Crippen LogP contribution in [-0.4, -0.2) is 24.7 Å². The van der Waals surface area contributed by atoms with Gasteiger partial charge in [0.05, 0.1) is 19.2 Å². The van der Waals surface area contributed by atoms with Crippen molar-refractivity contribution in [3.63, 3.8) is 0 Å². The molecule has 1 aromatic carbocycles. The molecule has 0 aliphatic heterocycles. The molecule has 1 heterocycles. The Kier molecular flexibility index (Phi) is 5.31. The molecule has 0 bridgehead atoms. The van der Waals surface area contributed by atoms with Gasteiger partial charge in [-0.1, -0.05) is 12.1 Å². The van der Waals surface area contributed by atoms with E-state index in [2.05, 4.69) is 10.3 Å². The highest BCUT2D eigenvalue weighted by Crippen LogP contribution is 2.29. The molecule has 2 aromatic rings. The molecule has 0 fully saturated rings. The Morgan fingerprint density at radius 3 is 2.39 bits per heavy atom. The zero-order valence-corrected chi connectivity index (χ0v) is 12.7. The third-order valence-corrected chi connectivity index (χ3v) is 3.06. The van der Waals surface area contributed by atoms with Gasteiger partial charge in [-0.3, -0.25) is 0 Å². The standard InChI is InChI=1S/C16H17F3N2O2/c1-11(23-14-6-4-3-5-13(14)22-2)9-20-15-8-7-12(10-21-15)16(17,18)19/h3-8,10-11H,9H2,1-2H3,(H,20,21). The number of rotatable bonds is 6. The smallest absolute Gasteiger partial charge is 0.417 e. The van der Waals surface area contributed by atoms with E-state index in [1.165, 1.54) is 6.07 Å². The maximum absolute atomic E-state index is 12.5. The molecule has 1 unspecified atom stereocenters. The van der Waals surface area contributed by atoms with Crippen LogP contribution in [0.3, 0.4) is 0 Å². The molecule has 0 aliphatic carbocycles. The first-order valence-corrected chi connectivity index (χ1v) is 6.97. The number of pyridine rings is 1. The fourth-order valence-corrected chi connectivity index (χ4v) is 1.89. The Morgan fingerprint density at radius 1 is 1.13 bits per heavy atom. The fourth-order valence-electron chi connectivity index (χ4n) is 1.89. The number of ether oxygens (including phenoxy) is 2. The number of alkyl halides is 3. The van der Waals surface area contributed by atoms with Crippen LogP contribution in [0.15, 0.2) is 42.6 Å². The molecule has 0 aliphatic rings. The number of hydrogen-bond donors (Lipinski definition) is 1. The molecule has 0 spiro atoms. The van der Waals surface area contributed by atoms with Crippen LogP contribution in [0.4, 0.5) is 19.0 Å². The summed E-state index contributed by atoms with van der Waals surface area (Å²) in [7, 11) is 1.55. The highest BCUT2D eigenvalue weighted by molar-refractivity contribution is 5.40. The minimum absolute atomic E-state index is 0.226. The second-order valence-corrected chi connectivity index (χ2v) is 4.89. The lowest BCUT2D eigenvalue weighted by molar-refractivity contribution is -0.137. The van der Waals surface area contributed by atoms with Crippen molar-refractivity contribution >= 4 is 5.82 Å². The summed E-state index contributed by atoms with van der Waals surface area (Å²) in [4.78, 5) is 3.75. The van der Waals surface area contributed by atoms with Crippen LogP contribution >= 0.6 is 0 Å². The minimum Gasteiger partial charge on any atom is -0.493 e. The van der Waals surface area contributed by atoms with Gasteiger partial charge in [-0.2, -0.15) is 13.2 Å². The molecule has 0 saturated carbocycles. The van der Waals surface area contributed by atoms with Gasteiger partial charge in [-0.05, 0) is 31.2 Å². The van der Waals surface area contributed by atoms with Gasteiger partial charge in [-0.15, -0.1) is 0 Å². The molecule has 1 atom stereocenters. The van der Waals surface area contributed by atoms with Gasteiger partial charge in [0.1, 0.15) is 11.9 Å². The Hall–Kier alpha value is -2.44. The number of nitrogens with one attached hydrogen (secondary N) is 1. The normalized spacial score (nSPS) is 12.6. The van der Waals surface area contributed by atoms with Crippen LogP contribution < -0.4 is 14.8 Å². The van der Waals surface area contributed by atoms with Gasteiger partial charge < -0.3 is 14.8 Å². The summed E-state index contributed by atoms with van der Waals surface area (Å²) in [5.41, 5.74) is -0.777. The number of anilines is 1. The van der Waals surface area contributed by atoms with E-state index >= 15 is 0 Å². The van der Waals surface area contributed by atoms with E-state index in [1.54, 1.807) is 19.2 Å². The highest BCUT2D eigenvalue weighted by atomic mass is 19.4. The number of hydrogen-bond acceptors (Lipinski definition) is 4. The molecule has 0 radical (unpaired) electrons. The van der Waals surface area contributed by atoms with Gasteiger partial charge in [0.25, 0.3) is 0 Å². The monoisotopic (exact) mass is 326 g/mol. The van der Waals surface area contributed by atoms with Crippen molar-refractivity contribution in [2.45, 2.75) is 19.2 Å². The van der Waals surface area contributed by atoms with E-state index in [1.807, 2.05) is 19.1 Å². The molecular weight excluding hydrogens is 309 g/mol. The first-order chi connectivity index (χ1) is 10.9. The van der Waals surface area contributed by atoms with Crippen LogP contribution in [-0.2, 0) is 6.18 Å². The average Bonchev–Trinajstić information content (AvgIpc) is 2.53. The number of para-hydroxylation sites is 2. The number of methoxy groups -OCH3 is 1. The van der Waals surface area contributed by atoms with E-state index in [0.717, 1.165) is 12.3 Å². The number of benzene rings is 1.